The molecule has 2 heterocycles. The summed E-state index contributed by atoms with van der Waals surface area (Å²) in [6.07, 6.45) is 1.30. The Hall–Kier alpha value is -3.55. The Labute approximate surface area is 275 Å². The summed E-state index contributed by atoms with van der Waals surface area (Å²) in [6, 6.07) is 23.1. The molecule has 0 saturated carbocycles. The van der Waals surface area contributed by atoms with E-state index in [2.05, 4.69) is 21.2 Å². The average Bonchev–Trinajstić information content (AvgIpc) is 3.38. The predicted octanol–water partition coefficient (Wildman–Crippen LogP) is 6.87. The molecule has 1 aliphatic rings. The number of hydrogen-bond acceptors (Lipinski definition) is 7. The van der Waals surface area contributed by atoms with Crippen LogP contribution in [0.3, 0.4) is 0 Å². The number of benzene rings is 3. The molecule has 45 heavy (non-hydrogen) atoms. The van der Waals surface area contributed by atoms with Crippen LogP contribution in [0.1, 0.15) is 50.9 Å². The summed E-state index contributed by atoms with van der Waals surface area (Å²) in [7, 11) is -3.79. The van der Waals surface area contributed by atoms with Crippen molar-refractivity contribution in [2.24, 2.45) is 0 Å². The summed E-state index contributed by atoms with van der Waals surface area (Å²) in [5, 5.41) is 14.6. The molecule has 1 saturated heterocycles. The van der Waals surface area contributed by atoms with E-state index in [4.69, 9.17) is 4.84 Å². The van der Waals surface area contributed by atoms with Gasteiger partial charge in [-0.1, -0.05) is 60.7 Å². The van der Waals surface area contributed by atoms with E-state index >= 15 is 0 Å². The smallest absolute Gasteiger partial charge is 0.346 e. The summed E-state index contributed by atoms with van der Waals surface area (Å²) in [4.78, 5) is 32.5. The van der Waals surface area contributed by atoms with Gasteiger partial charge in [0.05, 0.1) is 34.2 Å². The topological polar surface area (TPSA) is 116 Å². The lowest BCUT2D eigenvalue weighted by Gasteiger charge is -2.35. The van der Waals surface area contributed by atoms with E-state index in [1.807, 2.05) is 37.3 Å². The van der Waals surface area contributed by atoms with Gasteiger partial charge in [-0.2, -0.15) is 5.06 Å². The van der Waals surface area contributed by atoms with Crippen molar-refractivity contribution < 1.29 is 28.0 Å². The van der Waals surface area contributed by atoms with Crippen LogP contribution >= 0.6 is 27.3 Å². The number of nitrogens with one attached hydrogen (secondary N) is 1. The fraction of sp³-hybridized carbons (Fsp3) is 0.273. The molecule has 1 aliphatic heterocycles. The zero-order valence-corrected chi connectivity index (χ0v) is 28.1. The molecule has 2 N–H and O–H groups in total. The zero-order valence-electron chi connectivity index (χ0n) is 24.9. The molecule has 0 radical (unpaired) electrons. The molecule has 1 aromatic heterocycles. The number of hydrogen-bond donors (Lipinski definition) is 2. The third kappa shape index (κ3) is 7.15. The monoisotopic (exact) mass is 711 g/mol. The molecule has 0 bridgehead atoms. The number of para-hydroxylation sites is 1. The number of carboxylic acid groups (broad SMARTS) is 1. The van der Waals surface area contributed by atoms with E-state index in [1.54, 1.807) is 55.5 Å². The van der Waals surface area contributed by atoms with Gasteiger partial charge >= 0.3 is 5.97 Å². The lowest BCUT2D eigenvalue weighted by molar-refractivity contribution is 0.0653. The second-order valence-corrected chi connectivity index (χ2v) is 14.3. The number of halogens is 1. The SMILES string of the molecule is CCON(C(=O)c1c(C(=O)O)sc(-c2cccc(N(C3CCNCC3)S(=O)(=O)Cc3ccccc3)c2)c1Br)c1ccccc1C. The van der Waals surface area contributed by atoms with Crippen LogP contribution < -0.4 is 14.7 Å². The fourth-order valence-corrected chi connectivity index (χ4v) is 9.32. The van der Waals surface area contributed by atoms with Crippen molar-refractivity contribution in [3.63, 3.8) is 0 Å². The number of amides is 1. The van der Waals surface area contributed by atoms with Crippen molar-refractivity contribution in [1.29, 1.82) is 0 Å². The highest BCUT2D eigenvalue weighted by atomic mass is 79.9. The van der Waals surface area contributed by atoms with E-state index in [9.17, 15) is 23.1 Å². The summed E-state index contributed by atoms with van der Waals surface area (Å²) in [5.74, 6) is -2.04. The Balaban J connectivity index is 1.58. The molecule has 236 valence electrons. The third-order valence-electron chi connectivity index (χ3n) is 7.53. The first-order valence-electron chi connectivity index (χ1n) is 14.6. The standard InChI is InChI=1S/C33H34BrN3O6S2/c1-3-43-36(27-15-8-7-10-22(27)2)32(38)28-29(34)30(44-31(28)33(39)40)24-13-9-14-26(20-24)37(25-16-18-35-19-17-25)45(41,42)21-23-11-5-4-6-12-23/h4-15,20,25,35H,3,16-19,21H2,1-2H3,(H,39,40). The van der Waals surface area contributed by atoms with Crippen molar-refractivity contribution >= 4 is 60.5 Å². The minimum absolute atomic E-state index is 0.0449. The number of anilines is 2. The van der Waals surface area contributed by atoms with Gasteiger partial charge in [0.15, 0.2) is 0 Å². The number of carbonyl (C=O) groups excluding carboxylic acids is 1. The van der Waals surface area contributed by atoms with Crippen molar-refractivity contribution in [1.82, 2.24) is 5.32 Å². The van der Waals surface area contributed by atoms with E-state index < -0.39 is 21.9 Å². The van der Waals surface area contributed by atoms with Gasteiger partial charge < -0.3 is 10.4 Å². The normalized spacial score (nSPS) is 13.8. The Bertz CT molecular complexity index is 1790. The summed E-state index contributed by atoms with van der Waals surface area (Å²) in [6.45, 7) is 5.16. The highest BCUT2D eigenvalue weighted by molar-refractivity contribution is 9.10. The Morgan fingerprint density at radius 3 is 2.38 bits per heavy atom. The Morgan fingerprint density at radius 1 is 1.02 bits per heavy atom. The summed E-state index contributed by atoms with van der Waals surface area (Å²) < 4.78 is 29.8. The van der Waals surface area contributed by atoms with Gasteiger partial charge in [0, 0.05) is 10.5 Å². The minimum Gasteiger partial charge on any atom is -0.477 e. The minimum atomic E-state index is -3.79. The van der Waals surface area contributed by atoms with Crippen molar-refractivity contribution in [2.75, 3.05) is 29.1 Å². The summed E-state index contributed by atoms with van der Waals surface area (Å²) in [5.41, 5.74) is 3.00. The first-order chi connectivity index (χ1) is 21.6. The van der Waals surface area contributed by atoms with Crippen molar-refractivity contribution in [3.05, 3.63) is 105 Å². The molecular formula is C33H34BrN3O6S2. The molecule has 4 aromatic rings. The second kappa shape index (κ2) is 14.3. The van der Waals surface area contributed by atoms with Crippen molar-refractivity contribution in [3.8, 4) is 10.4 Å². The Kier molecular flexibility index (Phi) is 10.4. The fourth-order valence-electron chi connectivity index (χ4n) is 5.48. The van der Waals surface area contributed by atoms with Crippen LogP contribution in [0.2, 0.25) is 0 Å². The van der Waals surface area contributed by atoms with Crippen LogP contribution in [-0.2, 0) is 20.6 Å². The van der Waals surface area contributed by atoms with Crippen LogP contribution in [0.15, 0.2) is 83.3 Å². The van der Waals surface area contributed by atoms with Gasteiger partial charge in [0.25, 0.3) is 5.91 Å². The van der Waals surface area contributed by atoms with E-state index in [1.165, 1.54) is 4.31 Å². The van der Waals surface area contributed by atoms with Gasteiger partial charge in [-0.3, -0.25) is 13.9 Å². The van der Waals surface area contributed by atoms with Gasteiger partial charge in [0.1, 0.15) is 4.88 Å². The lowest BCUT2D eigenvalue weighted by Crippen LogP contribution is -2.46. The molecular weight excluding hydrogens is 678 g/mol. The van der Waals surface area contributed by atoms with E-state index in [0.29, 0.717) is 57.8 Å². The maximum Gasteiger partial charge on any atom is 0.346 e. The molecule has 0 atom stereocenters. The quantitative estimate of drug-likeness (QED) is 0.163. The van der Waals surface area contributed by atoms with Gasteiger partial charge in [-0.25, -0.2) is 13.2 Å². The van der Waals surface area contributed by atoms with Crippen LogP contribution in [-0.4, -0.2) is 51.1 Å². The number of carboxylic acids is 1. The number of sulfonamides is 1. The van der Waals surface area contributed by atoms with E-state index in [0.717, 1.165) is 22.0 Å². The van der Waals surface area contributed by atoms with Crippen LogP contribution in [0.5, 0.6) is 0 Å². The van der Waals surface area contributed by atoms with Gasteiger partial charge in [-0.05, 0) is 90.6 Å². The maximum absolute atomic E-state index is 14.0. The molecule has 12 heteroatoms. The molecule has 0 spiro atoms. The first kappa shape index (κ1) is 32.8. The van der Waals surface area contributed by atoms with E-state index in [-0.39, 0.29) is 28.8 Å². The third-order valence-corrected chi connectivity index (χ3v) is 11.6. The molecule has 0 aliphatic carbocycles. The zero-order chi connectivity index (χ0) is 32.1. The lowest BCUT2D eigenvalue weighted by atomic mass is 10.1. The summed E-state index contributed by atoms with van der Waals surface area (Å²) >= 11 is 4.49. The number of carbonyl (C=O) groups is 2. The molecule has 3 aromatic carbocycles. The molecule has 5 rings (SSSR count). The number of rotatable bonds is 11. The molecule has 0 unspecified atom stereocenters. The number of aryl methyl sites for hydroxylation is 1. The maximum atomic E-state index is 14.0. The molecule has 1 fully saturated rings. The van der Waals surface area contributed by atoms with Gasteiger partial charge in [0.2, 0.25) is 10.0 Å². The first-order valence-corrected chi connectivity index (χ1v) is 17.8. The number of piperidine rings is 1. The highest BCUT2D eigenvalue weighted by Crippen LogP contribution is 2.43. The van der Waals surface area contributed by atoms with Crippen LogP contribution in [0.25, 0.3) is 10.4 Å². The predicted molar refractivity (Wildman–Crippen MR) is 181 cm³/mol. The molecule has 1 amide bonds. The van der Waals surface area contributed by atoms with Crippen molar-refractivity contribution in [2.45, 2.75) is 38.5 Å². The number of nitrogens with zero attached hydrogens (tertiary/aromatic N) is 2. The second-order valence-electron chi connectivity index (χ2n) is 10.6. The largest absolute Gasteiger partial charge is 0.477 e. The number of aromatic carboxylic acids is 1. The molecule has 9 nitrogen and oxygen atoms in total. The average molecular weight is 713 g/mol. The van der Waals surface area contributed by atoms with Crippen LogP contribution in [0, 0.1) is 6.92 Å². The van der Waals surface area contributed by atoms with Gasteiger partial charge in [-0.15, -0.1) is 11.3 Å². The number of hydroxylamine groups is 1. The number of thiophene rings is 1. The van der Waals surface area contributed by atoms with Crippen LogP contribution in [0.4, 0.5) is 11.4 Å². The Morgan fingerprint density at radius 2 is 1.71 bits per heavy atom. The highest BCUT2D eigenvalue weighted by Gasteiger charge is 2.34.